The van der Waals surface area contributed by atoms with Crippen LogP contribution in [-0.2, 0) is 9.59 Å². The molecule has 1 aromatic carbocycles. The van der Waals surface area contributed by atoms with Crippen LogP contribution in [0.3, 0.4) is 0 Å². The predicted molar refractivity (Wildman–Crippen MR) is 71.6 cm³/mol. The van der Waals surface area contributed by atoms with Crippen molar-refractivity contribution in [1.29, 1.82) is 0 Å². The van der Waals surface area contributed by atoms with Crippen molar-refractivity contribution in [2.45, 2.75) is 33.1 Å². The topological polar surface area (TPSA) is 58.2 Å². The third kappa shape index (κ3) is 2.53. The largest absolute Gasteiger partial charge is 0.326 e. The molecule has 0 fully saturated rings. The fourth-order valence-corrected chi connectivity index (χ4v) is 2.08. The first-order chi connectivity index (χ1) is 8.47. The van der Waals surface area contributed by atoms with Gasteiger partial charge in [-0.2, -0.15) is 0 Å². The molecule has 0 bridgehead atoms. The van der Waals surface area contributed by atoms with E-state index in [0.29, 0.717) is 12.3 Å². The maximum atomic E-state index is 11.7. The van der Waals surface area contributed by atoms with Gasteiger partial charge in [-0.05, 0) is 36.6 Å². The van der Waals surface area contributed by atoms with Crippen LogP contribution >= 0.6 is 0 Å². The van der Waals surface area contributed by atoms with E-state index in [4.69, 9.17) is 0 Å². The van der Waals surface area contributed by atoms with Crippen LogP contribution in [-0.4, -0.2) is 11.8 Å². The third-order valence-corrected chi connectivity index (χ3v) is 3.05. The Morgan fingerprint density at radius 2 is 2.17 bits per heavy atom. The van der Waals surface area contributed by atoms with E-state index in [9.17, 15) is 9.59 Å². The Morgan fingerprint density at radius 3 is 2.83 bits per heavy atom. The lowest BCUT2D eigenvalue weighted by molar-refractivity contribution is -0.117. The molecule has 0 spiro atoms. The number of anilines is 2. The van der Waals surface area contributed by atoms with Crippen LogP contribution < -0.4 is 10.6 Å². The molecular formula is C14H18N2O2. The molecule has 1 unspecified atom stereocenters. The summed E-state index contributed by atoms with van der Waals surface area (Å²) in [7, 11) is 0. The first-order valence-electron chi connectivity index (χ1n) is 6.22. The molecule has 0 radical (unpaired) electrons. The summed E-state index contributed by atoms with van der Waals surface area (Å²) in [6, 6.07) is 5.52. The minimum absolute atomic E-state index is 0.00915. The lowest BCUT2D eigenvalue weighted by Gasteiger charge is -2.09. The summed E-state index contributed by atoms with van der Waals surface area (Å²) in [5.74, 6) is 0.203. The van der Waals surface area contributed by atoms with E-state index >= 15 is 0 Å². The number of hydrogen-bond acceptors (Lipinski definition) is 2. The first-order valence-corrected chi connectivity index (χ1v) is 6.22. The SMILES string of the molecule is CC(C)CC(=O)Nc1ccc2c(c1)C(C)C(=O)N2. The van der Waals surface area contributed by atoms with Crippen molar-refractivity contribution in [2.24, 2.45) is 5.92 Å². The molecular weight excluding hydrogens is 228 g/mol. The van der Waals surface area contributed by atoms with E-state index in [1.54, 1.807) is 0 Å². The number of carbonyl (C=O) groups excluding carboxylic acids is 2. The Bertz CT molecular complexity index is 495. The molecule has 0 saturated heterocycles. The Labute approximate surface area is 107 Å². The molecule has 96 valence electrons. The lowest BCUT2D eigenvalue weighted by Crippen LogP contribution is -2.13. The van der Waals surface area contributed by atoms with Crippen molar-refractivity contribution in [3.05, 3.63) is 23.8 Å². The van der Waals surface area contributed by atoms with E-state index in [2.05, 4.69) is 10.6 Å². The standard InChI is InChI=1S/C14H18N2O2/c1-8(2)6-13(17)15-10-4-5-12-11(7-10)9(3)14(18)16-12/h4-5,7-9H,6H2,1-3H3,(H,15,17)(H,16,18). The van der Waals surface area contributed by atoms with E-state index in [-0.39, 0.29) is 17.7 Å². The van der Waals surface area contributed by atoms with Gasteiger partial charge >= 0.3 is 0 Å². The Hall–Kier alpha value is -1.84. The van der Waals surface area contributed by atoms with E-state index in [0.717, 1.165) is 16.9 Å². The zero-order chi connectivity index (χ0) is 13.3. The lowest BCUT2D eigenvalue weighted by atomic mass is 10.0. The second-order valence-corrected chi connectivity index (χ2v) is 5.16. The Balaban J connectivity index is 2.13. The van der Waals surface area contributed by atoms with Crippen molar-refractivity contribution in [3.63, 3.8) is 0 Å². The number of nitrogens with one attached hydrogen (secondary N) is 2. The maximum absolute atomic E-state index is 11.7. The van der Waals surface area contributed by atoms with Crippen LogP contribution in [0.2, 0.25) is 0 Å². The van der Waals surface area contributed by atoms with Crippen LogP contribution in [0.15, 0.2) is 18.2 Å². The van der Waals surface area contributed by atoms with Crippen molar-refractivity contribution in [1.82, 2.24) is 0 Å². The molecule has 4 nitrogen and oxygen atoms in total. The number of hydrogen-bond donors (Lipinski definition) is 2. The monoisotopic (exact) mass is 246 g/mol. The molecule has 2 amide bonds. The third-order valence-electron chi connectivity index (χ3n) is 3.05. The molecule has 1 aliphatic rings. The van der Waals surface area contributed by atoms with Crippen LogP contribution in [0, 0.1) is 5.92 Å². The average molecular weight is 246 g/mol. The molecule has 1 atom stereocenters. The van der Waals surface area contributed by atoms with Gasteiger partial charge in [0, 0.05) is 17.8 Å². The summed E-state index contributed by atoms with van der Waals surface area (Å²) in [5.41, 5.74) is 2.54. The second-order valence-electron chi connectivity index (χ2n) is 5.16. The van der Waals surface area contributed by atoms with Gasteiger partial charge in [-0.25, -0.2) is 0 Å². The average Bonchev–Trinajstić information content (AvgIpc) is 2.54. The van der Waals surface area contributed by atoms with Crippen molar-refractivity contribution >= 4 is 23.2 Å². The molecule has 1 aromatic rings. The summed E-state index contributed by atoms with van der Waals surface area (Å²) in [6.45, 7) is 5.88. The molecule has 2 N–H and O–H groups in total. The number of fused-ring (bicyclic) bond motifs is 1. The minimum Gasteiger partial charge on any atom is -0.326 e. The minimum atomic E-state index is -0.151. The summed E-state index contributed by atoms with van der Waals surface area (Å²) in [4.78, 5) is 23.2. The summed E-state index contributed by atoms with van der Waals surface area (Å²) in [5, 5.41) is 5.67. The number of benzene rings is 1. The fraction of sp³-hybridized carbons (Fsp3) is 0.429. The normalized spacial score (nSPS) is 17.6. The highest BCUT2D eigenvalue weighted by molar-refractivity contribution is 6.03. The van der Waals surface area contributed by atoms with Gasteiger partial charge < -0.3 is 10.6 Å². The zero-order valence-corrected chi connectivity index (χ0v) is 10.9. The molecule has 0 saturated carbocycles. The van der Waals surface area contributed by atoms with Gasteiger partial charge in [0.05, 0.1) is 5.92 Å². The van der Waals surface area contributed by atoms with Gasteiger partial charge in [0.15, 0.2) is 0 Å². The van der Waals surface area contributed by atoms with Crippen molar-refractivity contribution in [3.8, 4) is 0 Å². The van der Waals surface area contributed by atoms with Crippen molar-refractivity contribution < 1.29 is 9.59 Å². The van der Waals surface area contributed by atoms with E-state index < -0.39 is 0 Å². The quantitative estimate of drug-likeness (QED) is 0.861. The van der Waals surface area contributed by atoms with Gasteiger partial charge in [0.2, 0.25) is 11.8 Å². The highest BCUT2D eigenvalue weighted by Crippen LogP contribution is 2.34. The molecule has 1 aliphatic heterocycles. The first kappa shape index (κ1) is 12.6. The smallest absolute Gasteiger partial charge is 0.231 e. The molecule has 2 rings (SSSR count). The Kier molecular flexibility index (Phi) is 3.36. The van der Waals surface area contributed by atoms with Gasteiger partial charge in [-0.15, -0.1) is 0 Å². The van der Waals surface area contributed by atoms with Crippen molar-refractivity contribution in [2.75, 3.05) is 10.6 Å². The summed E-state index contributed by atoms with van der Waals surface area (Å²) in [6.07, 6.45) is 0.504. The predicted octanol–water partition coefficient (Wildman–Crippen LogP) is 2.73. The molecule has 4 heteroatoms. The number of carbonyl (C=O) groups is 2. The summed E-state index contributed by atoms with van der Waals surface area (Å²) >= 11 is 0. The van der Waals surface area contributed by atoms with E-state index in [1.807, 2.05) is 39.0 Å². The Morgan fingerprint density at radius 1 is 1.44 bits per heavy atom. The van der Waals surface area contributed by atoms with Gasteiger partial charge in [0.25, 0.3) is 0 Å². The number of rotatable bonds is 3. The molecule has 1 heterocycles. The van der Waals surface area contributed by atoms with Gasteiger partial charge in [-0.3, -0.25) is 9.59 Å². The fourth-order valence-electron chi connectivity index (χ4n) is 2.08. The van der Waals surface area contributed by atoms with Crippen LogP contribution in [0.5, 0.6) is 0 Å². The highest BCUT2D eigenvalue weighted by atomic mass is 16.2. The number of amides is 2. The van der Waals surface area contributed by atoms with Crippen LogP contribution in [0.4, 0.5) is 11.4 Å². The zero-order valence-electron chi connectivity index (χ0n) is 10.9. The van der Waals surface area contributed by atoms with Crippen LogP contribution in [0.1, 0.15) is 38.7 Å². The maximum Gasteiger partial charge on any atom is 0.231 e. The molecule has 18 heavy (non-hydrogen) atoms. The molecule has 0 aromatic heterocycles. The van der Waals surface area contributed by atoms with Gasteiger partial charge in [0.1, 0.15) is 0 Å². The summed E-state index contributed by atoms with van der Waals surface area (Å²) < 4.78 is 0. The molecule has 0 aliphatic carbocycles. The van der Waals surface area contributed by atoms with Crippen LogP contribution in [0.25, 0.3) is 0 Å². The second kappa shape index (κ2) is 4.80. The van der Waals surface area contributed by atoms with E-state index in [1.165, 1.54) is 0 Å². The highest BCUT2D eigenvalue weighted by Gasteiger charge is 2.26. The van der Waals surface area contributed by atoms with Gasteiger partial charge in [-0.1, -0.05) is 13.8 Å².